The smallest absolute Gasteiger partial charge is 0.179 e. The van der Waals surface area contributed by atoms with E-state index in [2.05, 4.69) is 5.32 Å². The van der Waals surface area contributed by atoms with E-state index in [1.54, 1.807) is 0 Å². The van der Waals surface area contributed by atoms with Crippen molar-refractivity contribution in [2.24, 2.45) is 0 Å². The molecule has 2 N–H and O–H groups in total. The zero-order valence-corrected chi connectivity index (χ0v) is 11.9. The third-order valence-electron chi connectivity index (χ3n) is 3.17. The minimum atomic E-state index is 0.106. The van der Waals surface area contributed by atoms with Gasteiger partial charge in [0.2, 0.25) is 0 Å². The van der Waals surface area contributed by atoms with Crippen LogP contribution >= 0.6 is 11.6 Å². The van der Waals surface area contributed by atoms with Crippen LogP contribution < -0.4 is 14.8 Å². The van der Waals surface area contributed by atoms with Crippen molar-refractivity contribution in [2.75, 3.05) is 19.8 Å². The maximum Gasteiger partial charge on any atom is 0.179 e. The number of aliphatic hydroxyl groups is 1. The number of aliphatic hydroxyl groups excluding tert-OH is 1. The fourth-order valence-electron chi connectivity index (χ4n) is 1.99. The number of ether oxygens (including phenoxy) is 2. The van der Waals surface area contributed by atoms with Gasteiger partial charge in [0.15, 0.2) is 11.5 Å². The van der Waals surface area contributed by atoms with Crippen molar-refractivity contribution in [3.8, 4) is 11.5 Å². The Kier molecular flexibility index (Phi) is 5.31. The van der Waals surface area contributed by atoms with Gasteiger partial charge in [0.05, 0.1) is 24.8 Å². The largest absolute Gasteiger partial charge is 0.489 e. The molecule has 0 radical (unpaired) electrons. The summed E-state index contributed by atoms with van der Waals surface area (Å²) in [6, 6.07) is 3.94. The molecule has 1 heterocycles. The molecular weight excluding hydrogens is 266 g/mol. The van der Waals surface area contributed by atoms with Gasteiger partial charge in [-0.2, -0.15) is 0 Å². The highest BCUT2D eigenvalue weighted by molar-refractivity contribution is 6.32. The highest BCUT2D eigenvalue weighted by Crippen LogP contribution is 2.37. The van der Waals surface area contributed by atoms with Crippen LogP contribution in [-0.4, -0.2) is 31.0 Å². The van der Waals surface area contributed by atoms with E-state index in [0.717, 1.165) is 18.4 Å². The maximum atomic E-state index is 9.15. The lowest BCUT2D eigenvalue weighted by molar-refractivity contribution is 0.238. The van der Waals surface area contributed by atoms with Crippen molar-refractivity contribution in [3.05, 3.63) is 22.7 Å². The number of halogens is 1. The van der Waals surface area contributed by atoms with E-state index in [-0.39, 0.29) is 12.6 Å². The van der Waals surface area contributed by atoms with Crippen LogP contribution in [-0.2, 0) is 6.54 Å². The van der Waals surface area contributed by atoms with E-state index in [1.165, 1.54) is 0 Å². The molecule has 0 saturated carbocycles. The Bertz CT molecular complexity index is 421. The molecule has 0 spiro atoms. The first-order valence-corrected chi connectivity index (χ1v) is 7.04. The second-order valence-corrected chi connectivity index (χ2v) is 5.03. The molecule has 0 aliphatic carbocycles. The Labute approximate surface area is 118 Å². The summed E-state index contributed by atoms with van der Waals surface area (Å²) in [6.45, 7) is 4.10. The van der Waals surface area contributed by atoms with Gasteiger partial charge in [-0.1, -0.05) is 18.5 Å². The number of hydrogen-bond acceptors (Lipinski definition) is 4. The molecule has 0 saturated heterocycles. The van der Waals surface area contributed by atoms with Crippen molar-refractivity contribution in [1.82, 2.24) is 5.32 Å². The molecule has 0 unspecified atom stereocenters. The molecule has 0 fully saturated rings. The van der Waals surface area contributed by atoms with Crippen LogP contribution in [0.1, 0.15) is 25.3 Å². The second kappa shape index (κ2) is 6.98. The monoisotopic (exact) mass is 285 g/mol. The van der Waals surface area contributed by atoms with Gasteiger partial charge in [0, 0.05) is 19.0 Å². The van der Waals surface area contributed by atoms with E-state index in [0.29, 0.717) is 36.3 Å². The molecule has 4 nitrogen and oxygen atoms in total. The third kappa shape index (κ3) is 3.75. The summed E-state index contributed by atoms with van der Waals surface area (Å²) in [7, 11) is 0. The van der Waals surface area contributed by atoms with Crippen LogP contribution in [0.2, 0.25) is 5.02 Å². The Morgan fingerprint density at radius 3 is 2.89 bits per heavy atom. The summed E-state index contributed by atoms with van der Waals surface area (Å²) in [6.07, 6.45) is 1.75. The average Bonchev–Trinajstić information content (AvgIpc) is 2.65. The molecule has 0 aromatic heterocycles. The molecule has 1 atom stereocenters. The molecule has 106 valence electrons. The summed E-state index contributed by atoms with van der Waals surface area (Å²) in [5.74, 6) is 1.34. The number of benzene rings is 1. The van der Waals surface area contributed by atoms with Crippen molar-refractivity contribution < 1.29 is 14.6 Å². The van der Waals surface area contributed by atoms with Gasteiger partial charge in [0.25, 0.3) is 0 Å². The quantitative estimate of drug-likeness (QED) is 0.872. The number of rotatable bonds is 5. The van der Waals surface area contributed by atoms with E-state index in [4.69, 9.17) is 26.2 Å². The molecule has 0 amide bonds. The number of fused-ring (bicyclic) bond motifs is 1. The summed E-state index contributed by atoms with van der Waals surface area (Å²) in [5.41, 5.74) is 1.03. The summed E-state index contributed by atoms with van der Waals surface area (Å²) in [4.78, 5) is 0. The average molecular weight is 286 g/mol. The van der Waals surface area contributed by atoms with Crippen molar-refractivity contribution in [1.29, 1.82) is 0 Å². The van der Waals surface area contributed by atoms with E-state index in [9.17, 15) is 0 Å². The van der Waals surface area contributed by atoms with Crippen LogP contribution in [0.15, 0.2) is 12.1 Å². The first-order chi connectivity index (χ1) is 9.24. The molecule has 1 aliphatic heterocycles. The fourth-order valence-corrected chi connectivity index (χ4v) is 2.27. The first kappa shape index (κ1) is 14.4. The molecule has 2 rings (SSSR count). The zero-order valence-electron chi connectivity index (χ0n) is 11.1. The second-order valence-electron chi connectivity index (χ2n) is 4.62. The first-order valence-electron chi connectivity index (χ1n) is 6.66. The molecule has 5 heteroatoms. The lowest BCUT2D eigenvalue weighted by atomic mass is 10.1. The van der Waals surface area contributed by atoms with Crippen LogP contribution in [0.5, 0.6) is 11.5 Å². The molecule has 19 heavy (non-hydrogen) atoms. The highest BCUT2D eigenvalue weighted by atomic mass is 35.5. The van der Waals surface area contributed by atoms with Crippen molar-refractivity contribution >= 4 is 11.6 Å². The van der Waals surface area contributed by atoms with Crippen molar-refractivity contribution in [3.63, 3.8) is 0 Å². The zero-order chi connectivity index (χ0) is 13.7. The predicted octanol–water partition coefficient (Wildman–Crippen LogP) is 2.36. The van der Waals surface area contributed by atoms with Crippen molar-refractivity contribution in [2.45, 2.75) is 32.4 Å². The Morgan fingerprint density at radius 2 is 2.16 bits per heavy atom. The normalized spacial score (nSPS) is 15.9. The van der Waals surface area contributed by atoms with Gasteiger partial charge in [-0.3, -0.25) is 0 Å². The van der Waals surface area contributed by atoms with E-state index in [1.807, 2.05) is 19.1 Å². The lowest BCUT2D eigenvalue weighted by Crippen LogP contribution is -2.31. The SMILES string of the molecule is CC[C@H](CO)NCc1cc(Cl)c2c(c1)OCCCO2. The highest BCUT2D eigenvalue weighted by Gasteiger charge is 2.15. The molecular formula is C14H20ClNO3. The van der Waals surface area contributed by atoms with Gasteiger partial charge in [-0.05, 0) is 24.1 Å². The molecule has 1 aromatic carbocycles. The number of nitrogens with one attached hydrogen (secondary N) is 1. The van der Waals surface area contributed by atoms with Crippen LogP contribution in [0.25, 0.3) is 0 Å². The lowest BCUT2D eigenvalue weighted by Gasteiger charge is -2.16. The molecule has 1 aromatic rings. The van der Waals surface area contributed by atoms with Gasteiger partial charge >= 0.3 is 0 Å². The fraction of sp³-hybridized carbons (Fsp3) is 0.571. The van der Waals surface area contributed by atoms with Crippen LogP contribution in [0.3, 0.4) is 0 Å². The van der Waals surface area contributed by atoms with E-state index >= 15 is 0 Å². The van der Waals surface area contributed by atoms with Crippen LogP contribution in [0, 0.1) is 0 Å². The number of hydrogen-bond donors (Lipinski definition) is 2. The Balaban J connectivity index is 2.10. The van der Waals surface area contributed by atoms with Gasteiger partial charge in [0.1, 0.15) is 0 Å². The van der Waals surface area contributed by atoms with Gasteiger partial charge in [-0.25, -0.2) is 0 Å². The Morgan fingerprint density at radius 1 is 1.37 bits per heavy atom. The predicted molar refractivity (Wildman–Crippen MR) is 75.1 cm³/mol. The summed E-state index contributed by atoms with van der Waals surface area (Å²) >= 11 is 6.22. The van der Waals surface area contributed by atoms with Gasteiger partial charge < -0.3 is 19.9 Å². The maximum absolute atomic E-state index is 9.15. The minimum absolute atomic E-state index is 0.106. The topological polar surface area (TPSA) is 50.7 Å². The van der Waals surface area contributed by atoms with E-state index < -0.39 is 0 Å². The standard InChI is InChI=1S/C14H20ClNO3/c1-2-11(9-17)16-8-10-6-12(15)14-13(7-10)18-4-3-5-19-14/h6-7,11,16-17H,2-5,8-9H2,1H3/t11-/m1/s1. The summed E-state index contributed by atoms with van der Waals surface area (Å²) < 4.78 is 11.2. The third-order valence-corrected chi connectivity index (χ3v) is 3.45. The Hall–Kier alpha value is -0.970. The van der Waals surface area contributed by atoms with Crippen LogP contribution in [0.4, 0.5) is 0 Å². The molecule has 0 bridgehead atoms. The summed E-state index contributed by atoms with van der Waals surface area (Å²) in [5, 5.41) is 13.0. The molecule has 1 aliphatic rings. The van der Waals surface area contributed by atoms with Gasteiger partial charge in [-0.15, -0.1) is 0 Å². The minimum Gasteiger partial charge on any atom is -0.489 e.